The number of hydrogen-bond donors (Lipinski definition) is 2. The summed E-state index contributed by atoms with van der Waals surface area (Å²) in [6.45, 7) is 1.64. The summed E-state index contributed by atoms with van der Waals surface area (Å²) < 4.78 is 0. The molecule has 0 rings (SSSR count). The van der Waals surface area contributed by atoms with Gasteiger partial charge in [0.05, 0.1) is 5.57 Å². The van der Waals surface area contributed by atoms with Gasteiger partial charge < -0.3 is 10.5 Å². The van der Waals surface area contributed by atoms with E-state index in [1.165, 1.54) is 18.2 Å². The van der Waals surface area contributed by atoms with E-state index in [0.29, 0.717) is 0 Å². The number of carboxylic acids is 1. The third-order valence-corrected chi connectivity index (χ3v) is 0.930. The molecule has 0 aliphatic rings. The van der Waals surface area contributed by atoms with E-state index in [4.69, 9.17) is 10.5 Å². The molecule has 0 aliphatic heterocycles. The van der Waals surface area contributed by atoms with Gasteiger partial charge >= 0.3 is 5.97 Å². The molecule has 0 radical (unpaired) electrons. The first kappa shape index (κ1) is 8.62. The van der Waals surface area contributed by atoms with Crippen molar-refractivity contribution in [2.45, 2.75) is 6.92 Å². The first-order chi connectivity index (χ1) is 4.72. The van der Waals surface area contributed by atoms with E-state index in [0.717, 1.165) is 6.21 Å². The average molecular weight is 139 g/mol. The Bertz CT molecular complexity index is 192. The molecule has 0 amide bonds. The lowest BCUT2D eigenvalue weighted by Crippen LogP contribution is -1.96. The van der Waals surface area contributed by atoms with Crippen LogP contribution >= 0.6 is 0 Å². The Hall–Kier alpha value is -1.38. The fourth-order valence-electron chi connectivity index (χ4n) is 0.443. The van der Waals surface area contributed by atoms with Crippen LogP contribution in [-0.4, -0.2) is 17.3 Å². The van der Waals surface area contributed by atoms with Crippen LogP contribution in [0.2, 0.25) is 0 Å². The Balaban J connectivity index is 4.25. The van der Waals surface area contributed by atoms with E-state index in [-0.39, 0.29) is 5.57 Å². The molecule has 0 bridgehead atoms. The molecule has 0 unspecified atom stereocenters. The van der Waals surface area contributed by atoms with Crippen molar-refractivity contribution in [3.05, 3.63) is 23.8 Å². The number of aliphatic carboxylic acids is 1. The zero-order valence-corrected chi connectivity index (χ0v) is 5.66. The van der Waals surface area contributed by atoms with Crippen molar-refractivity contribution in [3.8, 4) is 0 Å². The summed E-state index contributed by atoms with van der Waals surface area (Å²) in [4.78, 5) is 10.2. The van der Waals surface area contributed by atoms with Gasteiger partial charge in [0.1, 0.15) is 0 Å². The van der Waals surface area contributed by atoms with Crippen molar-refractivity contribution in [2.75, 3.05) is 0 Å². The fourth-order valence-corrected chi connectivity index (χ4v) is 0.443. The monoisotopic (exact) mass is 139 g/mol. The second-order valence-electron chi connectivity index (χ2n) is 1.57. The molecular weight excluding hydrogens is 130 g/mol. The molecule has 0 aromatic heterocycles. The van der Waals surface area contributed by atoms with E-state index < -0.39 is 5.97 Å². The molecule has 3 heteroatoms. The summed E-state index contributed by atoms with van der Waals surface area (Å²) in [6.07, 6.45) is 5.24. The standard InChI is InChI=1S/C7H9NO2/c1-2-6(7(9)10)4-3-5-8/h2-5,8H,1H3,(H,9,10). The molecular formula is C7H9NO2. The summed E-state index contributed by atoms with van der Waals surface area (Å²) in [5, 5.41) is 15.0. The lowest BCUT2D eigenvalue weighted by Gasteiger charge is -1.88. The lowest BCUT2D eigenvalue weighted by molar-refractivity contribution is -0.132. The summed E-state index contributed by atoms with van der Waals surface area (Å²) in [5.41, 5.74) is 0.198. The van der Waals surface area contributed by atoms with Crippen LogP contribution in [0.3, 0.4) is 0 Å². The highest BCUT2D eigenvalue weighted by atomic mass is 16.4. The van der Waals surface area contributed by atoms with Crippen LogP contribution in [0.4, 0.5) is 0 Å². The minimum absolute atomic E-state index is 0.198. The number of rotatable bonds is 3. The fraction of sp³-hybridized carbons (Fsp3) is 0.143. The van der Waals surface area contributed by atoms with Gasteiger partial charge in [-0.15, -0.1) is 0 Å². The molecule has 0 aliphatic carbocycles. The highest BCUT2D eigenvalue weighted by molar-refractivity contribution is 5.90. The largest absolute Gasteiger partial charge is 0.478 e. The summed E-state index contributed by atoms with van der Waals surface area (Å²) >= 11 is 0. The SMILES string of the molecule is CC=C(C=CC=N)C(=O)O. The maximum absolute atomic E-state index is 10.2. The number of hydrogen-bond acceptors (Lipinski definition) is 2. The first-order valence-corrected chi connectivity index (χ1v) is 2.79. The lowest BCUT2D eigenvalue weighted by atomic mass is 10.2. The minimum Gasteiger partial charge on any atom is -0.478 e. The second-order valence-corrected chi connectivity index (χ2v) is 1.57. The molecule has 0 saturated heterocycles. The number of nitrogens with one attached hydrogen (secondary N) is 1. The Labute approximate surface area is 59.2 Å². The van der Waals surface area contributed by atoms with Crippen LogP contribution in [-0.2, 0) is 4.79 Å². The zero-order chi connectivity index (χ0) is 7.98. The molecule has 2 N–H and O–H groups in total. The number of carboxylic acid groups (broad SMARTS) is 1. The van der Waals surface area contributed by atoms with E-state index >= 15 is 0 Å². The van der Waals surface area contributed by atoms with Gasteiger partial charge in [0.15, 0.2) is 0 Å². The average Bonchev–Trinajstić information content (AvgIpc) is 1.89. The van der Waals surface area contributed by atoms with E-state index in [9.17, 15) is 4.79 Å². The normalized spacial score (nSPS) is 11.9. The molecule has 3 nitrogen and oxygen atoms in total. The topological polar surface area (TPSA) is 61.2 Å². The molecule has 54 valence electrons. The maximum atomic E-state index is 10.2. The summed E-state index contributed by atoms with van der Waals surface area (Å²) in [6, 6.07) is 0. The van der Waals surface area contributed by atoms with Gasteiger partial charge in [-0.05, 0) is 19.1 Å². The van der Waals surface area contributed by atoms with E-state index in [2.05, 4.69) is 0 Å². The minimum atomic E-state index is -0.972. The van der Waals surface area contributed by atoms with Crippen LogP contribution in [0.25, 0.3) is 0 Å². The molecule has 0 aromatic rings. The molecule has 0 fully saturated rings. The molecule has 0 saturated carbocycles. The van der Waals surface area contributed by atoms with E-state index in [1.54, 1.807) is 6.92 Å². The van der Waals surface area contributed by atoms with Crippen molar-refractivity contribution < 1.29 is 9.90 Å². The van der Waals surface area contributed by atoms with Crippen molar-refractivity contribution in [1.82, 2.24) is 0 Å². The molecule has 0 aromatic carbocycles. The quantitative estimate of drug-likeness (QED) is 0.351. The van der Waals surface area contributed by atoms with Gasteiger partial charge in [0, 0.05) is 6.21 Å². The Kier molecular flexibility index (Phi) is 3.87. The van der Waals surface area contributed by atoms with Crippen LogP contribution < -0.4 is 0 Å². The van der Waals surface area contributed by atoms with Crippen LogP contribution in [0.5, 0.6) is 0 Å². The molecule has 10 heavy (non-hydrogen) atoms. The van der Waals surface area contributed by atoms with Gasteiger partial charge in [-0.1, -0.05) is 6.08 Å². The van der Waals surface area contributed by atoms with Crippen molar-refractivity contribution in [1.29, 1.82) is 5.41 Å². The first-order valence-electron chi connectivity index (χ1n) is 2.79. The highest BCUT2D eigenvalue weighted by Crippen LogP contribution is 1.94. The van der Waals surface area contributed by atoms with Crippen molar-refractivity contribution >= 4 is 12.2 Å². The smallest absolute Gasteiger partial charge is 0.335 e. The molecule has 0 atom stereocenters. The predicted octanol–water partition coefficient (Wildman–Crippen LogP) is 1.22. The Morgan fingerprint density at radius 1 is 1.60 bits per heavy atom. The number of allylic oxidation sites excluding steroid dienone is 2. The molecule has 0 spiro atoms. The van der Waals surface area contributed by atoms with Gasteiger partial charge in [0.2, 0.25) is 0 Å². The maximum Gasteiger partial charge on any atom is 0.335 e. The second kappa shape index (κ2) is 4.49. The van der Waals surface area contributed by atoms with Crippen molar-refractivity contribution in [2.24, 2.45) is 0 Å². The number of carbonyl (C=O) groups is 1. The van der Waals surface area contributed by atoms with Crippen LogP contribution in [0.15, 0.2) is 23.8 Å². The van der Waals surface area contributed by atoms with Gasteiger partial charge in [-0.25, -0.2) is 4.79 Å². The third-order valence-electron chi connectivity index (χ3n) is 0.930. The van der Waals surface area contributed by atoms with E-state index in [1.807, 2.05) is 0 Å². The Morgan fingerprint density at radius 3 is 2.50 bits per heavy atom. The predicted molar refractivity (Wildman–Crippen MR) is 39.3 cm³/mol. The van der Waals surface area contributed by atoms with Crippen molar-refractivity contribution in [3.63, 3.8) is 0 Å². The third kappa shape index (κ3) is 2.81. The summed E-state index contributed by atoms with van der Waals surface area (Å²) in [5.74, 6) is -0.972. The van der Waals surface area contributed by atoms with Gasteiger partial charge in [-0.2, -0.15) is 0 Å². The zero-order valence-electron chi connectivity index (χ0n) is 5.66. The summed E-state index contributed by atoms with van der Waals surface area (Å²) in [7, 11) is 0. The Morgan fingerprint density at radius 2 is 2.20 bits per heavy atom. The van der Waals surface area contributed by atoms with Crippen LogP contribution in [0.1, 0.15) is 6.92 Å². The molecule has 0 heterocycles. The highest BCUT2D eigenvalue weighted by Gasteiger charge is 1.98. The van der Waals surface area contributed by atoms with Crippen LogP contribution in [0, 0.1) is 5.41 Å². The van der Waals surface area contributed by atoms with Gasteiger partial charge in [-0.3, -0.25) is 0 Å². The van der Waals surface area contributed by atoms with Gasteiger partial charge in [0.25, 0.3) is 0 Å².